The maximum absolute atomic E-state index is 13.5. The second kappa shape index (κ2) is 5.74. The molecule has 0 fully saturated rings. The molecule has 0 spiro atoms. The zero-order valence-electron chi connectivity index (χ0n) is 10.6. The molecular weight excluding hydrogens is 246 g/mol. The molecule has 1 atom stereocenters. The zero-order chi connectivity index (χ0) is 13.8. The molecule has 2 aromatic carbocycles. The highest BCUT2D eigenvalue weighted by Gasteiger charge is 2.17. The SMILES string of the molecule is CC(Cc1cc(F)ccc1F)C(=O)c1ccccc1. The predicted molar refractivity (Wildman–Crippen MR) is 70.0 cm³/mol. The molecule has 0 aliphatic rings. The van der Waals surface area contributed by atoms with E-state index in [1.54, 1.807) is 31.2 Å². The molecule has 0 radical (unpaired) electrons. The number of ketones is 1. The average molecular weight is 260 g/mol. The highest BCUT2D eigenvalue weighted by atomic mass is 19.1. The molecule has 3 heteroatoms. The van der Waals surface area contributed by atoms with Crippen molar-refractivity contribution in [2.24, 2.45) is 5.92 Å². The third-order valence-corrected chi connectivity index (χ3v) is 3.04. The van der Waals surface area contributed by atoms with Crippen LogP contribution in [0.5, 0.6) is 0 Å². The van der Waals surface area contributed by atoms with E-state index in [0.717, 1.165) is 18.2 Å². The molecular formula is C16H14F2O. The molecule has 2 rings (SSSR count). The van der Waals surface area contributed by atoms with Crippen LogP contribution < -0.4 is 0 Å². The van der Waals surface area contributed by atoms with Gasteiger partial charge in [-0.05, 0) is 30.2 Å². The first-order valence-electron chi connectivity index (χ1n) is 6.11. The Hall–Kier alpha value is -2.03. The van der Waals surface area contributed by atoms with Crippen LogP contribution in [0, 0.1) is 17.6 Å². The van der Waals surface area contributed by atoms with Crippen molar-refractivity contribution in [2.75, 3.05) is 0 Å². The fourth-order valence-corrected chi connectivity index (χ4v) is 2.01. The molecule has 0 heterocycles. The van der Waals surface area contributed by atoms with Crippen LogP contribution in [0.2, 0.25) is 0 Å². The van der Waals surface area contributed by atoms with Crippen LogP contribution in [-0.2, 0) is 6.42 Å². The molecule has 0 amide bonds. The summed E-state index contributed by atoms with van der Waals surface area (Å²) in [5.41, 5.74) is 0.823. The molecule has 0 aliphatic heterocycles. The summed E-state index contributed by atoms with van der Waals surface area (Å²) in [5, 5.41) is 0. The molecule has 0 aliphatic carbocycles. The molecule has 0 N–H and O–H groups in total. The highest BCUT2D eigenvalue weighted by Crippen LogP contribution is 2.17. The average Bonchev–Trinajstić information content (AvgIpc) is 2.43. The van der Waals surface area contributed by atoms with Gasteiger partial charge >= 0.3 is 0 Å². The second-order valence-electron chi connectivity index (χ2n) is 4.57. The number of hydrogen-bond donors (Lipinski definition) is 0. The minimum atomic E-state index is -0.490. The van der Waals surface area contributed by atoms with Gasteiger partial charge in [0.2, 0.25) is 0 Å². The Morgan fingerprint density at radius 3 is 2.47 bits per heavy atom. The standard InChI is InChI=1S/C16H14F2O/c1-11(16(19)12-5-3-2-4-6-12)9-13-10-14(17)7-8-15(13)18/h2-8,10-11H,9H2,1H3. The minimum absolute atomic E-state index is 0.0655. The van der Waals surface area contributed by atoms with Crippen LogP contribution in [0.15, 0.2) is 48.5 Å². The van der Waals surface area contributed by atoms with E-state index < -0.39 is 17.6 Å². The van der Waals surface area contributed by atoms with Crippen molar-refractivity contribution in [2.45, 2.75) is 13.3 Å². The van der Waals surface area contributed by atoms with E-state index in [2.05, 4.69) is 0 Å². The maximum Gasteiger partial charge on any atom is 0.165 e. The Morgan fingerprint density at radius 2 is 1.79 bits per heavy atom. The summed E-state index contributed by atoms with van der Waals surface area (Å²) in [6.07, 6.45) is 0.192. The molecule has 98 valence electrons. The third kappa shape index (κ3) is 3.25. The predicted octanol–water partition coefficient (Wildman–Crippen LogP) is 4.03. The minimum Gasteiger partial charge on any atom is -0.294 e. The van der Waals surface area contributed by atoms with Gasteiger partial charge in [0, 0.05) is 11.5 Å². The largest absolute Gasteiger partial charge is 0.294 e. The van der Waals surface area contributed by atoms with Crippen molar-refractivity contribution in [3.8, 4) is 0 Å². The Morgan fingerprint density at radius 1 is 1.11 bits per heavy atom. The fourth-order valence-electron chi connectivity index (χ4n) is 2.01. The first-order chi connectivity index (χ1) is 9.08. The van der Waals surface area contributed by atoms with Crippen molar-refractivity contribution < 1.29 is 13.6 Å². The summed E-state index contributed by atoms with van der Waals surface area (Å²) in [6, 6.07) is 12.1. The van der Waals surface area contributed by atoms with Crippen LogP contribution in [0.1, 0.15) is 22.8 Å². The lowest BCUT2D eigenvalue weighted by Gasteiger charge is -2.11. The van der Waals surface area contributed by atoms with Crippen molar-refractivity contribution in [3.63, 3.8) is 0 Å². The number of halogens is 2. The first kappa shape index (κ1) is 13.4. The molecule has 0 aromatic heterocycles. The lowest BCUT2D eigenvalue weighted by molar-refractivity contribution is 0.0929. The molecule has 1 unspecified atom stereocenters. The molecule has 0 saturated heterocycles. The van der Waals surface area contributed by atoms with Gasteiger partial charge in [0.25, 0.3) is 0 Å². The monoisotopic (exact) mass is 260 g/mol. The number of carbonyl (C=O) groups excluding carboxylic acids is 1. The molecule has 1 nitrogen and oxygen atoms in total. The van der Waals surface area contributed by atoms with E-state index in [1.807, 2.05) is 6.07 Å². The van der Waals surface area contributed by atoms with E-state index in [0.29, 0.717) is 5.56 Å². The van der Waals surface area contributed by atoms with Crippen LogP contribution in [0.4, 0.5) is 8.78 Å². The summed E-state index contributed by atoms with van der Waals surface area (Å²) >= 11 is 0. The van der Waals surface area contributed by atoms with Crippen molar-refractivity contribution in [3.05, 3.63) is 71.3 Å². The summed E-state index contributed by atoms with van der Waals surface area (Å²) in [5.74, 6) is -1.42. The molecule has 0 bridgehead atoms. The number of rotatable bonds is 4. The van der Waals surface area contributed by atoms with Gasteiger partial charge in [-0.3, -0.25) is 4.79 Å². The maximum atomic E-state index is 13.5. The summed E-state index contributed by atoms with van der Waals surface area (Å²) in [4.78, 5) is 12.1. The van der Waals surface area contributed by atoms with E-state index in [4.69, 9.17) is 0 Å². The number of Topliss-reactive ketones (excluding diaryl/α,β-unsaturated/α-hetero) is 1. The summed E-state index contributed by atoms with van der Waals surface area (Å²) < 4.78 is 26.6. The number of hydrogen-bond acceptors (Lipinski definition) is 1. The van der Waals surface area contributed by atoms with Gasteiger partial charge in [-0.15, -0.1) is 0 Å². The fraction of sp³-hybridized carbons (Fsp3) is 0.188. The zero-order valence-corrected chi connectivity index (χ0v) is 10.6. The van der Waals surface area contributed by atoms with Gasteiger partial charge in [-0.2, -0.15) is 0 Å². The Labute approximate surface area is 110 Å². The van der Waals surface area contributed by atoms with Gasteiger partial charge < -0.3 is 0 Å². The highest BCUT2D eigenvalue weighted by molar-refractivity contribution is 5.97. The van der Waals surface area contributed by atoms with E-state index in [-0.39, 0.29) is 17.8 Å². The normalized spacial score (nSPS) is 12.2. The van der Waals surface area contributed by atoms with Gasteiger partial charge in [0.05, 0.1) is 0 Å². The lowest BCUT2D eigenvalue weighted by Crippen LogP contribution is -2.14. The topological polar surface area (TPSA) is 17.1 Å². The number of carbonyl (C=O) groups is 1. The van der Waals surface area contributed by atoms with Crippen LogP contribution in [0.25, 0.3) is 0 Å². The van der Waals surface area contributed by atoms with Crippen LogP contribution in [-0.4, -0.2) is 5.78 Å². The molecule has 0 saturated carbocycles. The van der Waals surface area contributed by atoms with E-state index in [9.17, 15) is 13.6 Å². The number of benzene rings is 2. The van der Waals surface area contributed by atoms with Crippen molar-refractivity contribution >= 4 is 5.78 Å². The van der Waals surface area contributed by atoms with Crippen molar-refractivity contribution in [1.29, 1.82) is 0 Å². The summed E-state index contributed by atoms with van der Waals surface area (Å²) in [7, 11) is 0. The van der Waals surface area contributed by atoms with Crippen LogP contribution >= 0.6 is 0 Å². The van der Waals surface area contributed by atoms with Gasteiger partial charge in [-0.1, -0.05) is 37.3 Å². The second-order valence-corrected chi connectivity index (χ2v) is 4.57. The van der Waals surface area contributed by atoms with Gasteiger partial charge in [0.1, 0.15) is 11.6 Å². The van der Waals surface area contributed by atoms with E-state index in [1.165, 1.54) is 0 Å². The van der Waals surface area contributed by atoms with Gasteiger partial charge in [-0.25, -0.2) is 8.78 Å². The third-order valence-electron chi connectivity index (χ3n) is 3.04. The van der Waals surface area contributed by atoms with Crippen molar-refractivity contribution in [1.82, 2.24) is 0 Å². The Bertz CT molecular complexity index is 579. The van der Waals surface area contributed by atoms with E-state index >= 15 is 0 Å². The first-order valence-corrected chi connectivity index (χ1v) is 6.11. The Kier molecular flexibility index (Phi) is 4.05. The van der Waals surface area contributed by atoms with Crippen LogP contribution in [0.3, 0.4) is 0 Å². The quantitative estimate of drug-likeness (QED) is 0.759. The smallest absolute Gasteiger partial charge is 0.165 e. The lowest BCUT2D eigenvalue weighted by atomic mass is 9.93. The van der Waals surface area contributed by atoms with Gasteiger partial charge in [0.15, 0.2) is 5.78 Å². The molecule has 19 heavy (non-hydrogen) atoms. The Balaban J connectivity index is 2.15. The summed E-state index contributed by atoms with van der Waals surface area (Å²) in [6.45, 7) is 1.72. The molecule has 2 aromatic rings.